The fraction of sp³-hybridized carbons (Fsp3) is 0.200. The number of rotatable bonds is 6. The highest BCUT2D eigenvalue weighted by Gasteiger charge is 2.20. The predicted octanol–water partition coefficient (Wildman–Crippen LogP) is 3.01. The number of nitrogens with one attached hydrogen (secondary N) is 1. The first-order valence-electron chi connectivity index (χ1n) is 8.14. The minimum absolute atomic E-state index is 0.0444. The SMILES string of the molecule is Cc1cccc(OCC(=O)N[C@@H](c2ccccc2)c2nccn2C)c1. The third-order valence-corrected chi connectivity index (χ3v) is 3.91. The zero-order chi connectivity index (χ0) is 17.6. The highest BCUT2D eigenvalue weighted by molar-refractivity contribution is 5.78. The molecular formula is C20H21N3O2. The van der Waals surface area contributed by atoms with Crippen molar-refractivity contribution in [3.63, 3.8) is 0 Å². The summed E-state index contributed by atoms with van der Waals surface area (Å²) in [6, 6.07) is 17.1. The van der Waals surface area contributed by atoms with Crippen molar-refractivity contribution in [2.45, 2.75) is 13.0 Å². The molecule has 0 aliphatic carbocycles. The summed E-state index contributed by atoms with van der Waals surface area (Å²) >= 11 is 0. The molecule has 5 nitrogen and oxygen atoms in total. The minimum atomic E-state index is -0.324. The average Bonchev–Trinajstić information content (AvgIpc) is 3.04. The quantitative estimate of drug-likeness (QED) is 0.753. The van der Waals surface area contributed by atoms with Crippen LogP contribution in [-0.2, 0) is 11.8 Å². The first-order valence-corrected chi connectivity index (χ1v) is 8.14. The molecule has 0 aliphatic rings. The van der Waals surface area contributed by atoms with E-state index in [2.05, 4.69) is 10.3 Å². The van der Waals surface area contributed by atoms with Crippen LogP contribution >= 0.6 is 0 Å². The second kappa shape index (κ2) is 7.66. The summed E-state index contributed by atoms with van der Waals surface area (Å²) in [6.45, 7) is 1.94. The lowest BCUT2D eigenvalue weighted by atomic mass is 10.1. The summed E-state index contributed by atoms with van der Waals surface area (Å²) in [7, 11) is 1.91. The van der Waals surface area contributed by atoms with Crippen molar-refractivity contribution in [1.29, 1.82) is 0 Å². The van der Waals surface area contributed by atoms with Crippen molar-refractivity contribution in [1.82, 2.24) is 14.9 Å². The van der Waals surface area contributed by atoms with Crippen LogP contribution in [0.25, 0.3) is 0 Å². The monoisotopic (exact) mass is 335 g/mol. The molecule has 1 aromatic heterocycles. The van der Waals surface area contributed by atoms with E-state index in [4.69, 9.17) is 4.74 Å². The Morgan fingerprint density at radius 3 is 2.68 bits per heavy atom. The molecule has 0 unspecified atom stereocenters. The number of hydrogen-bond acceptors (Lipinski definition) is 3. The average molecular weight is 335 g/mol. The van der Waals surface area contributed by atoms with Gasteiger partial charge in [0.2, 0.25) is 0 Å². The third-order valence-electron chi connectivity index (χ3n) is 3.91. The van der Waals surface area contributed by atoms with Gasteiger partial charge in [-0.25, -0.2) is 4.98 Å². The van der Waals surface area contributed by atoms with E-state index in [0.717, 1.165) is 17.0 Å². The number of aromatic nitrogens is 2. The molecule has 0 radical (unpaired) electrons. The highest BCUT2D eigenvalue weighted by Crippen LogP contribution is 2.20. The molecule has 5 heteroatoms. The number of carbonyl (C=O) groups is 1. The maximum absolute atomic E-state index is 12.4. The van der Waals surface area contributed by atoms with Gasteiger partial charge in [0.25, 0.3) is 5.91 Å². The van der Waals surface area contributed by atoms with Crippen molar-refractivity contribution in [2.75, 3.05) is 6.61 Å². The summed E-state index contributed by atoms with van der Waals surface area (Å²) in [6.07, 6.45) is 3.58. The van der Waals surface area contributed by atoms with Crippen LogP contribution in [0.15, 0.2) is 67.0 Å². The summed E-state index contributed by atoms with van der Waals surface area (Å²) in [5.41, 5.74) is 2.06. The first kappa shape index (κ1) is 16.8. The largest absolute Gasteiger partial charge is 0.484 e. The molecule has 2 aromatic carbocycles. The molecule has 1 atom stereocenters. The van der Waals surface area contributed by atoms with E-state index in [1.807, 2.05) is 79.3 Å². The minimum Gasteiger partial charge on any atom is -0.484 e. The molecular weight excluding hydrogens is 314 g/mol. The first-order chi connectivity index (χ1) is 12.1. The van der Waals surface area contributed by atoms with E-state index < -0.39 is 0 Å². The van der Waals surface area contributed by atoms with Gasteiger partial charge in [-0.1, -0.05) is 42.5 Å². The summed E-state index contributed by atoms with van der Waals surface area (Å²) < 4.78 is 7.50. The Morgan fingerprint density at radius 2 is 2.00 bits per heavy atom. The van der Waals surface area contributed by atoms with Crippen LogP contribution in [0.4, 0.5) is 0 Å². The van der Waals surface area contributed by atoms with Gasteiger partial charge in [-0.15, -0.1) is 0 Å². The Hall–Kier alpha value is -3.08. The smallest absolute Gasteiger partial charge is 0.258 e. The molecule has 0 saturated carbocycles. The van der Waals surface area contributed by atoms with E-state index in [9.17, 15) is 4.79 Å². The van der Waals surface area contributed by atoms with Gasteiger partial charge < -0.3 is 14.6 Å². The molecule has 0 bridgehead atoms. The standard InChI is InChI=1S/C20H21N3O2/c1-15-7-6-10-17(13-15)25-14-18(24)22-19(16-8-4-3-5-9-16)20-21-11-12-23(20)2/h3-13,19H,14H2,1-2H3,(H,22,24)/t19-/m0/s1. The highest BCUT2D eigenvalue weighted by atomic mass is 16.5. The van der Waals surface area contributed by atoms with E-state index in [-0.39, 0.29) is 18.6 Å². The van der Waals surface area contributed by atoms with Crippen LogP contribution in [0.2, 0.25) is 0 Å². The summed E-state index contributed by atoms with van der Waals surface area (Å²) in [4.78, 5) is 16.8. The Morgan fingerprint density at radius 1 is 1.20 bits per heavy atom. The van der Waals surface area contributed by atoms with Crippen molar-refractivity contribution in [2.24, 2.45) is 7.05 Å². The number of imidazole rings is 1. The van der Waals surface area contributed by atoms with Gasteiger partial charge in [0, 0.05) is 19.4 Å². The normalized spacial score (nSPS) is 11.8. The fourth-order valence-electron chi connectivity index (χ4n) is 2.65. The molecule has 1 amide bonds. The molecule has 1 heterocycles. The van der Waals surface area contributed by atoms with E-state index in [1.165, 1.54) is 0 Å². The number of hydrogen-bond donors (Lipinski definition) is 1. The number of benzene rings is 2. The third kappa shape index (κ3) is 4.26. The number of amides is 1. The van der Waals surface area contributed by atoms with Crippen molar-refractivity contribution < 1.29 is 9.53 Å². The van der Waals surface area contributed by atoms with E-state index in [0.29, 0.717) is 5.75 Å². The van der Waals surface area contributed by atoms with Crippen LogP contribution in [0.1, 0.15) is 23.0 Å². The van der Waals surface area contributed by atoms with Crippen LogP contribution in [-0.4, -0.2) is 22.1 Å². The fourth-order valence-corrected chi connectivity index (χ4v) is 2.65. The van der Waals surface area contributed by atoms with Crippen molar-refractivity contribution in [3.05, 3.63) is 83.9 Å². The van der Waals surface area contributed by atoms with Crippen LogP contribution < -0.4 is 10.1 Å². The lowest BCUT2D eigenvalue weighted by Gasteiger charge is -2.19. The molecule has 0 aliphatic heterocycles. The van der Waals surface area contributed by atoms with E-state index >= 15 is 0 Å². The second-order valence-electron chi connectivity index (χ2n) is 5.91. The topological polar surface area (TPSA) is 56.1 Å². The zero-order valence-electron chi connectivity index (χ0n) is 14.3. The Balaban J connectivity index is 1.72. The van der Waals surface area contributed by atoms with Gasteiger partial charge in [-0.05, 0) is 30.2 Å². The van der Waals surface area contributed by atoms with Crippen molar-refractivity contribution >= 4 is 5.91 Å². The zero-order valence-corrected chi connectivity index (χ0v) is 14.3. The van der Waals surface area contributed by atoms with Crippen LogP contribution in [0.3, 0.4) is 0 Å². The molecule has 0 fully saturated rings. The van der Waals surface area contributed by atoms with Gasteiger partial charge in [-0.3, -0.25) is 4.79 Å². The number of aryl methyl sites for hydroxylation is 2. The molecule has 0 spiro atoms. The second-order valence-corrected chi connectivity index (χ2v) is 5.91. The van der Waals surface area contributed by atoms with E-state index in [1.54, 1.807) is 6.20 Å². The molecule has 25 heavy (non-hydrogen) atoms. The number of carbonyl (C=O) groups excluding carboxylic acids is 1. The van der Waals surface area contributed by atoms with Crippen LogP contribution in [0, 0.1) is 6.92 Å². The lowest BCUT2D eigenvalue weighted by Crippen LogP contribution is -2.34. The summed E-state index contributed by atoms with van der Waals surface area (Å²) in [5.74, 6) is 1.26. The maximum Gasteiger partial charge on any atom is 0.258 e. The lowest BCUT2D eigenvalue weighted by molar-refractivity contribution is -0.123. The Bertz CT molecular complexity index is 843. The van der Waals surface area contributed by atoms with Gasteiger partial charge in [0.15, 0.2) is 6.61 Å². The van der Waals surface area contributed by atoms with Gasteiger partial charge in [0.1, 0.15) is 17.6 Å². The van der Waals surface area contributed by atoms with Gasteiger partial charge in [-0.2, -0.15) is 0 Å². The van der Waals surface area contributed by atoms with Crippen molar-refractivity contribution in [3.8, 4) is 5.75 Å². The molecule has 3 rings (SSSR count). The summed E-state index contributed by atoms with van der Waals surface area (Å²) in [5, 5.41) is 3.01. The number of nitrogens with zero attached hydrogens (tertiary/aromatic N) is 2. The number of ether oxygens (including phenoxy) is 1. The molecule has 3 aromatic rings. The van der Waals surface area contributed by atoms with Gasteiger partial charge in [0.05, 0.1) is 0 Å². The Labute approximate surface area is 147 Å². The van der Waals surface area contributed by atoms with Crippen LogP contribution in [0.5, 0.6) is 5.75 Å². The van der Waals surface area contributed by atoms with Gasteiger partial charge >= 0.3 is 0 Å². The molecule has 1 N–H and O–H groups in total. The molecule has 0 saturated heterocycles. The maximum atomic E-state index is 12.4. The predicted molar refractivity (Wildman–Crippen MR) is 96.3 cm³/mol. The Kier molecular flexibility index (Phi) is 5.14. The molecule has 128 valence electrons.